The van der Waals surface area contributed by atoms with Gasteiger partial charge < -0.3 is 10.1 Å². The molecule has 0 fully saturated rings. The van der Waals surface area contributed by atoms with Gasteiger partial charge in [0.15, 0.2) is 11.6 Å². The monoisotopic (exact) mass is 400 g/mol. The fourth-order valence-electron chi connectivity index (χ4n) is 3.08. The highest BCUT2D eigenvalue weighted by molar-refractivity contribution is 6.36. The number of nitrogens with one attached hydrogen (secondary N) is 1. The van der Waals surface area contributed by atoms with Crippen molar-refractivity contribution in [3.63, 3.8) is 0 Å². The predicted octanol–water partition coefficient (Wildman–Crippen LogP) is 4.35. The number of imide groups is 1. The van der Waals surface area contributed by atoms with Crippen molar-refractivity contribution in [2.45, 2.75) is 33.3 Å². The molecule has 0 saturated carbocycles. The van der Waals surface area contributed by atoms with E-state index in [-0.39, 0.29) is 29.6 Å². The van der Waals surface area contributed by atoms with Gasteiger partial charge in [0, 0.05) is 18.3 Å². The SMILES string of the molecule is CCCN1C(=O)C(Nc2ccc(F)c(F)c2)=C(c2ccc(OC(C)C)cc2)C1=O. The average Bonchev–Trinajstić information content (AvgIpc) is 2.90. The highest BCUT2D eigenvalue weighted by Gasteiger charge is 2.38. The molecule has 5 nitrogen and oxygen atoms in total. The largest absolute Gasteiger partial charge is 0.491 e. The van der Waals surface area contributed by atoms with Crippen LogP contribution >= 0.6 is 0 Å². The number of amides is 2. The van der Waals surface area contributed by atoms with Crippen molar-refractivity contribution in [2.24, 2.45) is 0 Å². The Balaban J connectivity index is 2.02. The smallest absolute Gasteiger partial charge is 0.278 e. The van der Waals surface area contributed by atoms with Gasteiger partial charge in [0.25, 0.3) is 11.8 Å². The number of rotatable bonds is 7. The molecule has 2 aromatic rings. The number of nitrogens with zero attached hydrogens (tertiary/aromatic N) is 1. The first-order valence-corrected chi connectivity index (χ1v) is 9.41. The van der Waals surface area contributed by atoms with Gasteiger partial charge in [0.1, 0.15) is 11.4 Å². The number of benzene rings is 2. The lowest BCUT2D eigenvalue weighted by Gasteiger charge is -2.14. The van der Waals surface area contributed by atoms with E-state index in [1.54, 1.807) is 24.3 Å². The lowest BCUT2D eigenvalue weighted by Crippen LogP contribution is -2.33. The second kappa shape index (κ2) is 8.43. The second-order valence-electron chi connectivity index (χ2n) is 6.96. The first-order chi connectivity index (χ1) is 13.8. The Bertz CT molecular complexity index is 969. The van der Waals surface area contributed by atoms with Gasteiger partial charge in [-0.05, 0) is 50.1 Å². The Morgan fingerprint density at radius 1 is 1.00 bits per heavy atom. The molecule has 0 bridgehead atoms. The summed E-state index contributed by atoms with van der Waals surface area (Å²) in [5, 5.41) is 2.80. The number of ether oxygens (including phenoxy) is 1. The first kappa shape index (κ1) is 20.5. The summed E-state index contributed by atoms with van der Waals surface area (Å²) in [6.45, 7) is 5.93. The van der Waals surface area contributed by atoms with Crippen molar-refractivity contribution in [1.29, 1.82) is 0 Å². The molecule has 0 aromatic heterocycles. The normalized spacial score (nSPS) is 14.2. The van der Waals surface area contributed by atoms with Gasteiger partial charge in [-0.15, -0.1) is 0 Å². The number of carbonyl (C=O) groups is 2. The third-order valence-corrected chi connectivity index (χ3v) is 4.32. The second-order valence-corrected chi connectivity index (χ2v) is 6.96. The summed E-state index contributed by atoms with van der Waals surface area (Å²) in [7, 11) is 0. The summed E-state index contributed by atoms with van der Waals surface area (Å²) in [6, 6.07) is 10.0. The third-order valence-electron chi connectivity index (χ3n) is 4.32. The van der Waals surface area contributed by atoms with Gasteiger partial charge in [0.2, 0.25) is 0 Å². The van der Waals surface area contributed by atoms with E-state index in [0.29, 0.717) is 17.7 Å². The Labute approximate surface area is 168 Å². The van der Waals surface area contributed by atoms with Crippen LogP contribution in [0.4, 0.5) is 14.5 Å². The molecule has 1 heterocycles. The summed E-state index contributed by atoms with van der Waals surface area (Å²) >= 11 is 0. The average molecular weight is 400 g/mol. The minimum absolute atomic E-state index is 0.000372. The Morgan fingerprint density at radius 2 is 1.69 bits per heavy atom. The van der Waals surface area contributed by atoms with E-state index in [1.807, 2.05) is 20.8 Å². The minimum atomic E-state index is -1.05. The molecule has 1 aliphatic heterocycles. The van der Waals surface area contributed by atoms with E-state index >= 15 is 0 Å². The standard InChI is InChI=1S/C22H22F2N2O3/c1-4-11-26-21(27)19(14-5-8-16(9-6-14)29-13(2)3)20(22(26)28)25-15-7-10-17(23)18(24)12-15/h5-10,12-13,25H,4,11H2,1-3H3. The van der Waals surface area contributed by atoms with Crippen LogP contribution in [-0.4, -0.2) is 29.4 Å². The van der Waals surface area contributed by atoms with E-state index in [9.17, 15) is 18.4 Å². The zero-order valence-corrected chi connectivity index (χ0v) is 16.5. The quantitative estimate of drug-likeness (QED) is 0.702. The molecule has 1 N–H and O–H groups in total. The number of hydrogen-bond acceptors (Lipinski definition) is 4. The van der Waals surface area contributed by atoms with Crippen molar-refractivity contribution in [3.8, 4) is 5.75 Å². The van der Waals surface area contributed by atoms with Crippen molar-refractivity contribution in [3.05, 3.63) is 65.4 Å². The molecule has 0 atom stereocenters. The van der Waals surface area contributed by atoms with E-state index in [4.69, 9.17) is 4.74 Å². The lowest BCUT2D eigenvalue weighted by molar-refractivity contribution is -0.136. The predicted molar refractivity (Wildman–Crippen MR) is 106 cm³/mol. The molecule has 2 aromatic carbocycles. The van der Waals surface area contributed by atoms with Gasteiger partial charge in [-0.1, -0.05) is 19.1 Å². The van der Waals surface area contributed by atoms with Crippen molar-refractivity contribution in [2.75, 3.05) is 11.9 Å². The van der Waals surface area contributed by atoms with Crippen LogP contribution in [0.25, 0.3) is 5.57 Å². The number of halogens is 2. The summed E-state index contributed by atoms with van der Waals surface area (Å²) in [4.78, 5) is 26.9. The molecular formula is C22H22F2N2O3. The highest BCUT2D eigenvalue weighted by atomic mass is 19.2. The number of hydrogen-bond donors (Lipinski definition) is 1. The van der Waals surface area contributed by atoms with E-state index in [0.717, 1.165) is 17.0 Å². The van der Waals surface area contributed by atoms with Gasteiger partial charge in [-0.2, -0.15) is 0 Å². The van der Waals surface area contributed by atoms with Crippen LogP contribution in [0.5, 0.6) is 5.75 Å². The minimum Gasteiger partial charge on any atom is -0.491 e. The highest BCUT2D eigenvalue weighted by Crippen LogP contribution is 2.32. The van der Waals surface area contributed by atoms with Gasteiger partial charge in [0.05, 0.1) is 11.7 Å². The summed E-state index contributed by atoms with van der Waals surface area (Å²) in [6.07, 6.45) is 0.602. The molecule has 29 heavy (non-hydrogen) atoms. The van der Waals surface area contributed by atoms with Crippen LogP contribution in [-0.2, 0) is 9.59 Å². The first-order valence-electron chi connectivity index (χ1n) is 9.41. The van der Waals surface area contributed by atoms with Crippen LogP contribution in [0.2, 0.25) is 0 Å². The number of carbonyl (C=O) groups excluding carboxylic acids is 2. The fourth-order valence-corrected chi connectivity index (χ4v) is 3.08. The third kappa shape index (κ3) is 4.29. The van der Waals surface area contributed by atoms with Gasteiger partial charge in [-0.3, -0.25) is 14.5 Å². The molecule has 0 radical (unpaired) electrons. The maximum absolute atomic E-state index is 13.6. The molecule has 3 rings (SSSR count). The number of anilines is 1. The molecular weight excluding hydrogens is 378 g/mol. The summed E-state index contributed by atoms with van der Waals surface area (Å²) < 4.78 is 32.4. The zero-order chi connectivity index (χ0) is 21.1. The Hall–Kier alpha value is -3.22. The summed E-state index contributed by atoms with van der Waals surface area (Å²) in [5.41, 5.74) is 0.926. The molecule has 0 aliphatic carbocycles. The van der Waals surface area contributed by atoms with Crippen LogP contribution in [0.15, 0.2) is 48.2 Å². The van der Waals surface area contributed by atoms with Crippen LogP contribution < -0.4 is 10.1 Å². The van der Waals surface area contributed by atoms with E-state index < -0.39 is 23.4 Å². The Morgan fingerprint density at radius 3 is 2.28 bits per heavy atom. The maximum Gasteiger partial charge on any atom is 0.278 e. The molecule has 1 aliphatic rings. The van der Waals surface area contributed by atoms with Crippen LogP contribution in [0, 0.1) is 11.6 Å². The van der Waals surface area contributed by atoms with E-state index in [1.165, 1.54) is 6.07 Å². The van der Waals surface area contributed by atoms with Crippen LogP contribution in [0.1, 0.15) is 32.8 Å². The van der Waals surface area contributed by atoms with Crippen molar-refractivity contribution < 1.29 is 23.1 Å². The maximum atomic E-state index is 13.6. The molecule has 2 amide bonds. The molecule has 0 unspecified atom stereocenters. The van der Waals surface area contributed by atoms with E-state index in [2.05, 4.69) is 5.32 Å². The van der Waals surface area contributed by atoms with Gasteiger partial charge in [-0.25, -0.2) is 8.78 Å². The lowest BCUT2D eigenvalue weighted by atomic mass is 10.0. The zero-order valence-electron chi connectivity index (χ0n) is 16.5. The molecule has 152 valence electrons. The fraction of sp³-hybridized carbons (Fsp3) is 0.273. The Kier molecular flexibility index (Phi) is 5.96. The summed E-state index contributed by atoms with van der Waals surface area (Å²) in [5.74, 6) is -2.33. The topological polar surface area (TPSA) is 58.6 Å². The molecule has 7 heteroatoms. The van der Waals surface area contributed by atoms with Crippen LogP contribution in [0.3, 0.4) is 0 Å². The van der Waals surface area contributed by atoms with Crippen molar-refractivity contribution in [1.82, 2.24) is 4.90 Å². The molecule has 0 saturated heterocycles. The van der Waals surface area contributed by atoms with Crippen molar-refractivity contribution >= 4 is 23.1 Å². The van der Waals surface area contributed by atoms with Gasteiger partial charge >= 0.3 is 0 Å². The molecule has 0 spiro atoms.